The van der Waals surface area contributed by atoms with E-state index in [0.717, 1.165) is 33.5 Å². The van der Waals surface area contributed by atoms with E-state index in [2.05, 4.69) is 15.0 Å². The second kappa shape index (κ2) is 4.30. The van der Waals surface area contributed by atoms with Crippen molar-refractivity contribution in [2.24, 2.45) is 12.0 Å². The van der Waals surface area contributed by atoms with Crippen molar-refractivity contribution >= 4 is 28.0 Å². The number of pyridine rings is 1. The molecular formula is C15H16N4O. The van der Waals surface area contributed by atoms with Crippen LogP contribution in [0.5, 0.6) is 0 Å². The van der Waals surface area contributed by atoms with E-state index >= 15 is 0 Å². The van der Waals surface area contributed by atoms with E-state index in [4.69, 9.17) is 0 Å². The summed E-state index contributed by atoms with van der Waals surface area (Å²) in [6, 6.07) is 3.92. The first-order valence-electron chi connectivity index (χ1n) is 6.45. The molecular weight excluding hydrogens is 252 g/mol. The number of nitrogens with one attached hydrogen (secondary N) is 1. The normalized spacial score (nSPS) is 12.0. The number of aryl methyl sites for hydroxylation is 3. The summed E-state index contributed by atoms with van der Waals surface area (Å²) in [6.45, 7) is 3.93. The molecule has 0 atom stereocenters. The highest BCUT2D eigenvalue weighted by atomic mass is 16.1. The number of fused-ring (bicyclic) bond motifs is 3. The van der Waals surface area contributed by atoms with Crippen molar-refractivity contribution in [3.05, 3.63) is 39.6 Å². The van der Waals surface area contributed by atoms with Crippen LogP contribution in [0.4, 0.5) is 0 Å². The minimum absolute atomic E-state index is 0.103. The Hall–Kier alpha value is -2.43. The van der Waals surface area contributed by atoms with Crippen molar-refractivity contribution in [1.82, 2.24) is 14.5 Å². The fourth-order valence-corrected chi connectivity index (χ4v) is 2.65. The topological polar surface area (TPSA) is 63.0 Å². The molecule has 0 saturated heterocycles. The lowest BCUT2D eigenvalue weighted by molar-refractivity contribution is 0.888. The second-order valence-electron chi connectivity index (χ2n) is 4.95. The molecule has 0 spiro atoms. The van der Waals surface area contributed by atoms with E-state index in [1.807, 2.05) is 37.6 Å². The number of aromatic nitrogens is 3. The summed E-state index contributed by atoms with van der Waals surface area (Å²) in [5.41, 5.74) is 3.40. The van der Waals surface area contributed by atoms with Gasteiger partial charge in [-0.2, -0.15) is 0 Å². The first kappa shape index (κ1) is 12.6. The van der Waals surface area contributed by atoms with Crippen LogP contribution in [-0.4, -0.2) is 27.8 Å². The van der Waals surface area contributed by atoms with Crippen LogP contribution in [0.3, 0.4) is 0 Å². The van der Waals surface area contributed by atoms with Crippen LogP contribution < -0.4 is 5.56 Å². The van der Waals surface area contributed by atoms with Gasteiger partial charge in [-0.25, -0.2) is 4.98 Å². The number of hydrogen-bond donors (Lipinski definition) is 1. The van der Waals surface area contributed by atoms with Crippen molar-refractivity contribution < 1.29 is 0 Å². The third kappa shape index (κ3) is 1.59. The number of aromatic amines is 1. The smallest absolute Gasteiger partial charge is 0.258 e. The van der Waals surface area contributed by atoms with Crippen LogP contribution in [0.2, 0.25) is 0 Å². The minimum atomic E-state index is -0.103. The largest absolute Gasteiger partial charge is 0.331 e. The highest BCUT2D eigenvalue weighted by Gasteiger charge is 2.14. The van der Waals surface area contributed by atoms with Crippen molar-refractivity contribution in [3.63, 3.8) is 0 Å². The zero-order chi connectivity index (χ0) is 14.4. The molecule has 0 radical (unpaired) electrons. The predicted octanol–water partition coefficient (Wildman–Crippen LogP) is 2.08. The van der Waals surface area contributed by atoms with Crippen LogP contribution in [0.15, 0.2) is 21.9 Å². The molecule has 1 N–H and O–H groups in total. The van der Waals surface area contributed by atoms with Gasteiger partial charge in [0.05, 0.1) is 22.1 Å². The maximum absolute atomic E-state index is 12.4. The van der Waals surface area contributed by atoms with E-state index in [0.29, 0.717) is 5.39 Å². The van der Waals surface area contributed by atoms with Gasteiger partial charge in [-0.3, -0.25) is 9.79 Å². The Morgan fingerprint density at radius 1 is 1.35 bits per heavy atom. The maximum Gasteiger partial charge on any atom is 0.258 e. The molecule has 0 amide bonds. The van der Waals surface area contributed by atoms with Gasteiger partial charge in [0.1, 0.15) is 5.82 Å². The number of nitrogens with zero attached hydrogens (tertiary/aromatic N) is 3. The number of benzene rings is 1. The van der Waals surface area contributed by atoms with Crippen LogP contribution in [0.25, 0.3) is 21.8 Å². The van der Waals surface area contributed by atoms with Gasteiger partial charge in [0.15, 0.2) is 0 Å². The summed E-state index contributed by atoms with van der Waals surface area (Å²) in [4.78, 5) is 23.8. The lowest BCUT2D eigenvalue weighted by Gasteiger charge is -2.07. The number of H-pyrrole nitrogens is 1. The van der Waals surface area contributed by atoms with Crippen molar-refractivity contribution in [1.29, 1.82) is 0 Å². The lowest BCUT2D eigenvalue weighted by Crippen LogP contribution is -2.12. The molecule has 0 saturated carbocycles. The fraction of sp³-hybridized carbons (Fsp3) is 0.267. The van der Waals surface area contributed by atoms with Gasteiger partial charge in [-0.15, -0.1) is 0 Å². The first-order valence-corrected chi connectivity index (χ1v) is 6.45. The number of rotatable bonds is 1. The second-order valence-corrected chi connectivity index (χ2v) is 4.95. The Kier molecular flexibility index (Phi) is 2.71. The quantitative estimate of drug-likeness (QED) is 0.687. The molecule has 0 fully saturated rings. The molecule has 20 heavy (non-hydrogen) atoms. The molecule has 5 heteroatoms. The molecule has 0 bridgehead atoms. The van der Waals surface area contributed by atoms with E-state index < -0.39 is 0 Å². The number of aliphatic imine (C=N–C) groups is 1. The molecule has 102 valence electrons. The van der Waals surface area contributed by atoms with E-state index in [1.165, 1.54) is 0 Å². The van der Waals surface area contributed by atoms with Crippen LogP contribution in [0.1, 0.15) is 17.1 Å². The van der Waals surface area contributed by atoms with E-state index in [-0.39, 0.29) is 5.56 Å². The molecule has 0 aliphatic heterocycles. The highest BCUT2D eigenvalue weighted by molar-refractivity contribution is 6.06. The van der Waals surface area contributed by atoms with Gasteiger partial charge in [0, 0.05) is 20.3 Å². The van der Waals surface area contributed by atoms with Crippen LogP contribution in [-0.2, 0) is 7.05 Å². The van der Waals surface area contributed by atoms with Crippen molar-refractivity contribution in [3.8, 4) is 0 Å². The summed E-state index contributed by atoms with van der Waals surface area (Å²) in [5.74, 6) is 0.892. The molecule has 1 aromatic carbocycles. The standard InChI is InChI=1S/C15H16N4O/c1-8-10-5-6-11-14(19(4)9(2)17-11)13(10)15(20)18-12(8)7-16-3/h5-7H,1-4H3,(H,18,20). The van der Waals surface area contributed by atoms with Crippen LogP contribution >= 0.6 is 0 Å². The maximum atomic E-state index is 12.4. The summed E-state index contributed by atoms with van der Waals surface area (Å²) in [5, 5.41) is 1.63. The Morgan fingerprint density at radius 2 is 2.10 bits per heavy atom. The molecule has 3 aromatic rings. The predicted molar refractivity (Wildman–Crippen MR) is 81.8 cm³/mol. The van der Waals surface area contributed by atoms with Crippen molar-refractivity contribution in [2.75, 3.05) is 7.05 Å². The fourth-order valence-electron chi connectivity index (χ4n) is 2.65. The highest BCUT2D eigenvalue weighted by Crippen LogP contribution is 2.25. The van der Waals surface area contributed by atoms with Gasteiger partial charge in [-0.1, -0.05) is 6.07 Å². The summed E-state index contributed by atoms with van der Waals surface area (Å²) >= 11 is 0. The van der Waals surface area contributed by atoms with Gasteiger partial charge < -0.3 is 9.55 Å². The monoisotopic (exact) mass is 268 g/mol. The van der Waals surface area contributed by atoms with Gasteiger partial charge in [0.25, 0.3) is 5.56 Å². The average Bonchev–Trinajstić information content (AvgIpc) is 2.71. The lowest BCUT2D eigenvalue weighted by atomic mass is 10.0. The van der Waals surface area contributed by atoms with Gasteiger partial charge in [-0.05, 0) is 30.9 Å². The Labute approximate surface area is 116 Å². The molecule has 0 aliphatic rings. The van der Waals surface area contributed by atoms with E-state index in [1.54, 1.807) is 13.3 Å². The Balaban J connectivity index is 2.59. The number of imidazole rings is 1. The third-order valence-corrected chi connectivity index (χ3v) is 3.80. The average molecular weight is 268 g/mol. The molecule has 2 aromatic heterocycles. The summed E-state index contributed by atoms with van der Waals surface area (Å²) < 4.78 is 1.96. The molecule has 2 heterocycles. The van der Waals surface area contributed by atoms with Gasteiger partial charge in [0.2, 0.25) is 0 Å². The van der Waals surface area contributed by atoms with Crippen LogP contribution in [0, 0.1) is 13.8 Å². The number of hydrogen-bond acceptors (Lipinski definition) is 3. The molecule has 0 aliphatic carbocycles. The van der Waals surface area contributed by atoms with Gasteiger partial charge >= 0.3 is 0 Å². The first-order chi connectivity index (χ1) is 9.54. The molecule has 0 unspecified atom stereocenters. The van der Waals surface area contributed by atoms with E-state index in [9.17, 15) is 4.79 Å². The molecule has 3 rings (SSSR count). The zero-order valence-corrected chi connectivity index (χ0v) is 12.0. The van der Waals surface area contributed by atoms with Crippen molar-refractivity contribution in [2.45, 2.75) is 13.8 Å². The summed E-state index contributed by atoms with van der Waals surface area (Å²) in [6.07, 6.45) is 1.68. The SMILES string of the molecule is CN=Cc1[nH]c(=O)c2c(ccc3nc(C)n(C)c32)c1C. The Bertz CT molecular complexity index is 915. The summed E-state index contributed by atoms with van der Waals surface area (Å²) in [7, 11) is 3.62. The molecule has 5 nitrogen and oxygen atoms in total. The Morgan fingerprint density at radius 3 is 2.80 bits per heavy atom. The minimum Gasteiger partial charge on any atom is -0.331 e. The third-order valence-electron chi connectivity index (χ3n) is 3.80. The zero-order valence-electron chi connectivity index (χ0n) is 12.0.